The van der Waals surface area contributed by atoms with E-state index in [4.69, 9.17) is 16.3 Å². The van der Waals surface area contributed by atoms with Crippen LogP contribution in [0.4, 0.5) is 11.4 Å². The van der Waals surface area contributed by atoms with Crippen LogP contribution in [0.5, 0.6) is 0 Å². The Kier molecular flexibility index (Phi) is 6.50. The zero-order chi connectivity index (χ0) is 22.9. The molecule has 0 atom stereocenters. The molecule has 0 aliphatic carbocycles. The summed E-state index contributed by atoms with van der Waals surface area (Å²) < 4.78 is 5.82. The van der Waals surface area contributed by atoms with Crippen molar-refractivity contribution in [3.05, 3.63) is 64.4 Å². The summed E-state index contributed by atoms with van der Waals surface area (Å²) in [4.78, 5) is 19.7. The highest BCUT2D eigenvalue weighted by atomic mass is 35.5. The molecular weight excluding hydrogens is 422 g/mol. The molecule has 5 nitrogen and oxygen atoms in total. The van der Waals surface area contributed by atoms with Crippen LogP contribution in [-0.4, -0.2) is 57.2 Å². The number of likely N-dealkylation sites (N-methyl/N-ethyl adjacent to an activating group) is 1. The van der Waals surface area contributed by atoms with Crippen LogP contribution in [0, 0.1) is 0 Å². The molecule has 0 spiro atoms. The number of anilines is 2. The second kappa shape index (κ2) is 9.16. The molecule has 2 saturated heterocycles. The average molecular weight is 454 g/mol. The van der Waals surface area contributed by atoms with Crippen molar-refractivity contribution in [1.29, 1.82) is 0 Å². The Balaban J connectivity index is 1.60. The number of hydrogen-bond acceptors (Lipinski definition) is 4. The van der Waals surface area contributed by atoms with E-state index >= 15 is 0 Å². The van der Waals surface area contributed by atoms with E-state index in [0.717, 1.165) is 43.1 Å². The number of carbonyl (C=O) groups is 1. The summed E-state index contributed by atoms with van der Waals surface area (Å²) in [6.07, 6.45) is 1.86. The fourth-order valence-electron chi connectivity index (χ4n) is 4.14. The predicted octanol–water partition coefficient (Wildman–Crippen LogP) is 4.79. The largest absolute Gasteiger partial charge is 0.486 e. The molecule has 0 unspecified atom stereocenters. The van der Waals surface area contributed by atoms with E-state index in [0.29, 0.717) is 23.9 Å². The maximum atomic E-state index is 13.3. The van der Waals surface area contributed by atoms with Crippen molar-refractivity contribution in [3.63, 3.8) is 0 Å². The first-order valence-corrected chi connectivity index (χ1v) is 11.6. The molecule has 0 radical (unpaired) electrons. The molecule has 2 aromatic rings. The minimum Gasteiger partial charge on any atom is -0.486 e. The third-order valence-electron chi connectivity index (χ3n) is 6.20. The first-order chi connectivity index (χ1) is 15.2. The van der Waals surface area contributed by atoms with Gasteiger partial charge in [0.1, 0.15) is 6.61 Å². The van der Waals surface area contributed by atoms with Gasteiger partial charge < -0.3 is 19.4 Å². The van der Waals surface area contributed by atoms with Crippen molar-refractivity contribution in [2.24, 2.45) is 0 Å². The summed E-state index contributed by atoms with van der Waals surface area (Å²) in [5, 5.41) is 0.692. The third kappa shape index (κ3) is 4.94. The molecule has 2 heterocycles. The summed E-state index contributed by atoms with van der Waals surface area (Å²) >= 11 is 6.32. The smallest absolute Gasteiger partial charge is 0.293 e. The van der Waals surface area contributed by atoms with Crippen molar-refractivity contribution in [2.75, 3.05) is 56.2 Å². The number of carbonyl (C=O) groups excluding carboxylic acids is 1. The number of morpholine rings is 1. The molecule has 2 fully saturated rings. The van der Waals surface area contributed by atoms with Gasteiger partial charge in [-0.05, 0) is 48.4 Å². The number of halogens is 1. The van der Waals surface area contributed by atoms with E-state index < -0.39 is 0 Å². The second-order valence-corrected chi connectivity index (χ2v) is 10.0. The number of piperazine rings is 1. The van der Waals surface area contributed by atoms with Crippen molar-refractivity contribution in [1.82, 2.24) is 4.90 Å². The minimum absolute atomic E-state index is 0.0762. The van der Waals surface area contributed by atoms with Gasteiger partial charge in [0.15, 0.2) is 5.76 Å². The van der Waals surface area contributed by atoms with Gasteiger partial charge in [-0.15, -0.1) is 0 Å². The van der Waals surface area contributed by atoms with Crippen molar-refractivity contribution < 1.29 is 9.53 Å². The summed E-state index contributed by atoms with van der Waals surface area (Å²) in [6.45, 7) is 11.4. The number of rotatable bonds is 3. The molecule has 32 heavy (non-hydrogen) atoms. The Morgan fingerprint density at radius 2 is 1.66 bits per heavy atom. The molecular formula is C26H32ClN3O2. The lowest BCUT2D eigenvalue weighted by molar-refractivity contribution is -0.120. The number of nitrogens with zero attached hydrogens (tertiary/aromatic N) is 3. The van der Waals surface area contributed by atoms with Crippen LogP contribution in [0.25, 0.3) is 6.08 Å². The van der Waals surface area contributed by atoms with Crippen LogP contribution < -0.4 is 9.80 Å². The fraction of sp³-hybridized carbons (Fsp3) is 0.423. The van der Waals surface area contributed by atoms with Crippen LogP contribution in [0.3, 0.4) is 0 Å². The Labute approximate surface area is 196 Å². The number of amides is 1. The van der Waals surface area contributed by atoms with Gasteiger partial charge >= 0.3 is 0 Å². The number of benzene rings is 2. The van der Waals surface area contributed by atoms with Gasteiger partial charge in [-0.25, -0.2) is 0 Å². The van der Waals surface area contributed by atoms with Gasteiger partial charge in [-0.1, -0.05) is 50.6 Å². The molecule has 6 heteroatoms. The second-order valence-electron chi connectivity index (χ2n) is 9.60. The Bertz CT molecular complexity index is 1000. The topological polar surface area (TPSA) is 36.0 Å². The number of hydrogen-bond donors (Lipinski definition) is 0. The molecule has 0 bridgehead atoms. The highest BCUT2D eigenvalue weighted by molar-refractivity contribution is 6.31. The first-order valence-electron chi connectivity index (χ1n) is 11.2. The van der Waals surface area contributed by atoms with Crippen LogP contribution >= 0.6 is 11.6 Å². The van der Waals surface area contributed by atoms with E-state index in [1.807, 2.05) is 36.4 Å². The van der Waals surface area contributed by atoms with Crippen molar-refractivity contribution in [3.8, 4) is 0 Å². The lowest BCUT2D eigenvalue weighted by atomic mass is 9.87. The van der Waals surface area contributed by atoms with Gasteiger partial charge in [0.05, 0.1) is 6.54 Å². The molecule has 2 aliphatic rings. The van der Waals surface area contributed by atoms with E-state index in [1.165, 1.54) is 5.56 Å². The molecule has 2 aliphatic heterocycles. The quantitative estimate of drug-likeness (QED) is 0.626. The zero-order valence-corrected chi connectivity index (χ0v) is 20.2. The zero-order valence-electron chi connectivity index (χ0n) is 19.4. The van der Waals surface area contributed by atoms with Crippen LogP contribution in [0.1, 0.15) is 31.9 Å². The van der Waals surface area contributed by atoms with E-state index in [2.05, 4.69) is 49.8 Å². The Morgan fingerprint density at radius 1 is 0.969 bits per heavy atom. The monoisotopic (exact) mass is 453 g/mol. The Morgan fingerprint density at radius 3 is 2.31 bits per heavy atom. The van der Waals surface area contributed by atoms with Gasteiger partial charge in [-0.3, -0.25) is 4.79 Å². The fourth-order valence-corrected chi connectivity index (χ4v) is 4.30. The van der Waals surface area contributed by atoms with Gasteiger partial charge in [0.2, 0.25) is 0 Å². The maximum absolute atomic E-state index is 13.3. The van der Waals surface area contributed by atoms with Crippen LogP contribution in [-0.2, 0) is 14.9 Å². The van der Waals surface area contributed by atoms with E-state index in [1.54, 1.807) is 4.90 Å². The first kappa shape index (κ1) is 22.7. The van der Waals surface area contributed by atoms with E-state index in [9.17, 15) is 4.79 Å². The maximum Gasteiger partial charge on any atom is 0.293 e. The molecule has 0 aromatic heterocycles. The highest BCUT2D eigenvalue weighted by Gasteiger charge is 2.27. The lowest BCUT2D eigenvalue weighted by Crippen LogP contribution is -2.44. The molecule has 0 N–H and O–H groups in total. The predicted molar refractivity (Wildman–Crippen MR) is 133 cm³/mol. The average Bonchev–Trinajstić information content (AvgIpc) is 2.76. The lowest BCUT2D eigenvalue weighted by Gasteiger charge is -2.35. The minimum atomic E-state index is -0.112. The van der Waals surface area contributed by atoms with E-state index in [-0.39, 0.29) is 11.3 Å². The van der Waals surface area contributed by atoms with Crippen LogP contribution in [0.2, 0.25) is 5.02 Å². The Hall–Kier alpha value is -2.50. The molecule has 1 amide bonds. The van der Waals surface area contributed by atoms with Gasteiger partial charge in [-0.2, -0.15) is 0 Å². The summed E-state index contributed by atoms with van der Waals surface area (Å²) in [6, 6.07) is 14.1. The van der Waals surface area contributed by atoms with Crippen molar-refractivity contribution >= 4 is 35.0 Å². The summed E-state index contributed by atoms with van der Waals surface area (Å²) in [7, 11) is 2.13. The van der Waals surface area contributed by atoms with Crippen LogP contribution in [0.15, 0.2) is 48.2 Å². The van der Waals surface area contributed by atoms with Gasteiger partial charge in [0.25, 0.3) is 5.91 Å². The standard InChI is InChI=1S/C26H32ClN3O2/c1-26(2,3)20-6-9-22(10-7-20)30-15-16-32-24(25(30)31)17-19-5-8-21(27)18-23(19)29-13-11-28(4)12-14-29/h5-10,17-18H,11-16H2,1-4H3/b24-17+. The molecule has 170 valence electrons. The summed E-state index contributed by atoms with van der Waals surface area (Å²) in [5.74, 6) is 0.257. The van der Waals surface area contributed by atoms with Crippen molar-refractivity contribution in [2.45, 2.75) is 26.2 Å². The normalized spacial score (nSPS) is 19.4. The highest BCUT2D eigenvalue weighted by Crippen LogP contribution is 2.30. The van der Waals surface area contributed by atoms with Gasteiger partial charge in [0, 0.05) is 48.1 Å². The molecule has 4 rings (SSSR count). The summed E-state index contributed by atoms with van der Waals surface area (Å²) in [5.41, 5.74) is 4.21. The third-order valence-corrected chi connectivity index (χ3v) is 6.43. The number of ether oxygens (including phenoxy) is 1. The molecule has 2 aromatic carbocycles. The SMILES string of the molecule is CN1CCN(c2cc(Cl)ccc2/C=C2/OCCN(c3ccc(C(C)(C)C)cc3)C2=O)CC1. The molecule has 0 saturated carbocycles.